The number of nitrogens with zero attached hydrogens (tertiary/aromatic N) is 1. The molecule has 1 amide bonds. The summed E-state index contributed by atoms with van der Waals surface area (Å²) in [5.74, 6) is -1.56. The third-order valence-electron chi connectivity index (χ3n) is 3.59. The van der Waals surface area contributed by atoms with Gasteiger partial charge in [0.25, 0.3) is 5.91 Å². The first-order chi connectivity index (χ1) is 10.7. The van der Waals surface area contributed by atoms with Gasteiger partial charge in [-0.05, 0) is 44.0 Å². The number of primary amides is 1. The predicted octanol–water partition coefficient (Wildman–Crippen LogP) is 0.910. The van der Waals surface area contributed by atoms with E-state index in [1.807, 2.05) is 0 Å². The zero-order valence-corrected chi connectivity index (χ0v) is 14.0. The van der Waals surface area contributed by atoms with Crippen LogP contribution in [0.4, 0.5) is 0 Å². The van der Waals surface area contributed by atoms with Crippen molar-refractivity contribution in [3.05, 3.63) is 29.3 Å². The Morgan fingerprint density at radius 2 is 1.96 bits per heavy atom. The number of hydrogen-bond acceptors (Lipinski definition) is 5. The first-order valence-corrected chi connectivity index (χ1v) is 8.82. The van der Waals surface area contributed by atoms with Crippen LogP contribution in [0.25, 0.3) is 0 Å². The van der Waals surface area contributed by atoms with Crippen molar-refractivity contribution in [1.82, 2.24) is 4.31 Å². The van der Waals surface area contributed by atoms with Crippen molar-refractivity contribution in [3.63, 3.8) is 0 Å². The maximum atomic E-state index is 12.7. The van der Waals surface area contributed by atoms with Gasteiger partial charge in [-0.1, -0.05) is 11.6 Å². The van der Waals surface area contributed by atoms with E-state index in [1.54, 1.807) is 0 Å². The number of amides is 1. The molecule has 7 nitrogen and oxygen atoms in total. The molecule has 0 saturated carbocycles. The molecule has 2 rings (SSSR count). The van der Waals surface area contributed by atoms with Crippen molar-refractivity contribution < 1.29 is 22.7 Å². The summed E-state index contributed by atoms with van der Waals surface area (Å²) in [6.45, 7) is 1.54. The van der Waals surface area contributed by atoms with Crippen LogP contribution in [0.3, 0.4) is 0 Å². The van der Waals surface area contributed by atoms with E-state index in [4.69, 9.17) is 22.1 Å². The standard InChI is InChI=1S/C14H17ClN2O5S/c1-9(13(16)18)22-14(19)12-3-2-8-17(12)23(20,21)11-6-4-10(15)5-7-11/h4-7,9,12H,2-3,8H2,1H3,(H2,16,18)/t9-,12+/m1/s1. The molecule has 2 atom stereocenters. The van der Waals surface area contributed by atoms with Gasteiger partial charge < -0.3 is 10.5 Å². The minimum Gasteiger partial charge on any atom is -0.451 e. The lowest BCUT2D eigenvalue weighted by Crippen LogP contribution is -2.43. The van der Waals surface area contributed by atoms with Gasteiger partial charge in [0.1, 0.15) is 6.04 Å². The lowest BCUT2D eigenvalue weighted by molar-refractivity contribution is -0.156. The van der Waals surface area contributed by atoms with Crippen LogP contribution in [0.15, 0.2) is 29.2 Å². The Bertz CT molecular complexity index is 704. The highest BCUT2D eigenvalue weighted by molar-refractivity contribution is 7.89. The number of sulfonamides is 1. The van der Waals surface area contributed by atoms with E-state index in [2.05, 4.69) is 0 Å². The van der Waals surface area contributed by atoms with Gasteiger partial charge in [-0.2, -0.15) is 4.31 Å². The third-order valence-corrected chi connectivity index (χ3v) is 5.76. The van der Waals surface area contributed by atoms with E-state index in [0.29, 0.717) is 17.9 Å². The third kappa shape index (κ3) is 3.82. The highest BCUT2D eigenvalue weighted by atomic mass is 35.5. The Kier molecular flexibility index (Phi) is 5.28. The largest absolute Gasteiger partial charge is 0.451 e. The van der Waals surface area contributed by atoms with Gasteiger partial charge in [0.05, 0.1) is 4.90 Å². The molecule has 0 radical (unpaired) electrons. The number of esters is 1. The molecule has 9 heteroatoms. The minimum atomic E-state index is -3.85. The van der Waals surface area contributed by atoms with Crippen molar-refractivity contribution >= 4 is 33.5 Å². The van der Waals surface area contributed by atoms with Gasteiger partial charge in [0.2, 0.25) is 10.0 Å². The van der Waals surface area contributed by atoms with E-state index >= 15 is 0 Å². The van der Waals surface area contributed by atoms with Gasteiger partial charge in [0.15, 0.2) is 6.10 Å². The molecule has 1 aliphatic heterocycles. The molecule has 126 valence electrons. The predicted molar refractivity (Wildman–Crippen MR) is 83.1 cm³/mol. The van der Waals surface area contributed by atoms with Crippen LogP contribution < -0.4 is 5.73 Å². The maximum absolute atomic E-state index is 12.7. The molecule has 0 spiro atoms. The second-order valence-electron chi connectivity index (χ2n) is 5.21. The maximum Gasteiger partial charge on any atom is 0.325 e. The average molecular weight is 361 g/mol. The van der Waals surface area contributed by atoms with Crippen molar-refractivity contribution in [2.24, 2.45) is 5.73 Å². The molecule has 0 aromatic heterocycles. The second kappa shape index (κ2) is 6.86. The fraction of sp³-hybridized carbons (Fsp3) is 0.429. The molecule has 1 aromatic carbocycles. The zero-order chi connectivity index (χ0) is 17.2. The number of hydrogen-bond donors (Lipinski definition) is 1. The van der Waals surface area contributed by atoms with E-state index in [-0.39, 0.29) is 11.4 Å². The topological polar surface area (TPSA) is 107 Å². The molecule has 23 heavy (non-hydrogen) atoms. The SMILES string of the molecule is C[C@@H](OC(=O)[C@@H]1CCCN1S(=O)(=O)c1ccc(Cl)cc1)C(N)=O. The summed E-state index contributed by atoms with van der Waals surface area (Å²) in [6.07, 6.45) is -0.252. The molecule has 1 fully saturated rings. The van der Waals surface area contributed by atoms with Gasteiger partial charge in [-0.15, -0.1) is 0 Å². The van der Waals surface area contributed by atoms with Crippen LogP contribution in [0.5, 0.6) is 0 Å². The monoisotopic (exact) mass is 360 g/mol. The Balaban J connectivity index is 2.22. The van der Waals surface area contributed by atoms with Crippen LogP contribution in [-0.2, 0) is 24.3 Å². The lowest BCUT2D eigenvalue weighted by Gasteiger charge is -2.23. The summed E-state index contributed by atoms with van der Waals surface area (Å²) < 4.78 is 31.4. The average Bonchev–Trinajstić information content (AvgIpc) is 2.97. The summed E-state index contributed by atoms with van der Waals surface area (Å²) >= 11 is 5.76. The Hall–Kier alpha value is -1.64. The quantitative estimate of drug-likeness (QED) is 0.785. The van der Waals surface area contributed by atoms with Crippen LogP contribution in [0, 0.1) is 0 Å². The number of benzene rings is 1. The Morgan fingerprint density at radius 1 is 1.35 bits per heavy atom. The molecule has 1 saturated heterocycles. The first kappa shape index (κ1) is 17.7. The molecule has 0 aliphatic carbocycles. The molecule has 0 bridgehead atoms. The van der Waals surface area contributed by atoms with Gasteiger partial charge in [0, 0.05) is 11.6 Å². The van der Waals surface area contributed by atoms with Gasteiger partial charge in [-0.3, -0.25) is 9.59 Å². The number of carbonyl (C=O) groups excluding carboxylic acids is 2. The smallest absolute Gasteiger partial charge is 0.325 e. The van der Waals surface area contributed by atoms with Crippen molar-refractivity contribution in [2.75, 3.05) is 6.54 Å². The van der Waals surface area contributed by atoms with Crippen LogP contribution >= 0.6 is 11.6 Å². The molecule has 1 aliphatic rings. The van der Waals surface area contributed by atoms with E-state index in [1.165, 1.54) is 31.2 Å². The van der Waals surface area contributed by atoms with Gasteiger partial charge in [-0.25, -0.2) is 8.42 Å². The van der Waals surface area contributed by atoms with Crippen LogP contribution in [0.2, 0.25) is 5.02 Å². The first-order valence-electron chi connectivity index (χ1n) is 7.00. The van der Waals surface area contributed by atoms with Crippen LogP contribution in [-0.4, -0.2) is 43.3 Å². The zero-order valence-electron chi connectivity index (χ0n) is 12.4. The molecule has 2 N–H and O–H groups in total. The second-order valence-corrected chi connectivity index (χ2v) is 7.54. The summed E-state index contributed by atoms with van der Waals surface area (Å²) in [4.78, 5) is 23.2. The fourth-order valence-electron chi connectivity index (χ4n) is 2.32. The van der Waals surface area contributed by atoms with E-state index in [0.717, 1.165) is 4.31 Å². The highest BCUT2D eigenvalue weighted by Gasteiger charge is 2.41. The number of ether oxygens (including phenoxy) is 1. The number of nitrogens with two attached hydrogens (primary N) is 1. The molecule has 0 unspecified atom stereocenters. The molecular weight excluding hydrogens is 344 g/mol. The van der Waals surface area contributed by atoms with E-state index < -0.39 is 34.0 Å². The molecule has 1 aromatic rings. The number of rotatable bonds is 5. The summed E-state index contributed by atoms with van der Waals surface area (Å²) in [7, 11) is -3.85. The van der Waals surface area contributed by atoms with Crippen molar-refractivity contribution in [1.29, 1.82) is 0 Å². The highest BCUT2D eigenvalue weighted by Crippen LogP contribution is 2.27. The fourth-order valence-corrected chi connectivity index (χ4v) is 4.09. The number of halogens is 1. The van der Waals surface area contributed by atoms with Crippen molar-refractivity contribution in [2.45, 2.75) is 36.8 Å². The van der Waals surface area contributed by atoms with Crippen molar-refractivity contribution in [3.8, 4) is 0 Å². The van der Waals surface area contributed by atoms with E-state index in [9.17, 15) is 18.0 Å². The Morgan fingerprint density at radius 3 is 2.52 bits per heavy atom. The minimum absolute atomic E-state index is 0.0459. The normalized spacial score (nSPS) is 20.2. The van der Waals surface area contributed by atoms with Gasteiger partial charge >= 0.3 is 5.97 Å². The summed E-state index contributed by atoms with van der Waals surface area (Å²) in [5.41, 5.74) is 5.05. The summed E-state index contributed by atoms with van der Waals surface area (Å²) in [5, 5.41) is 0.414. The lowest BCUT2D eigenvalue weighted by atomic mass is 10.2. The van der Waals surface area contributed by atoms with Crippen LogP contribution in [0.1, 0.15) is 19.8 Å². The Labute approximate surface area is 139 Å². The number of carbonyl (C=O) groups is 2. The molecular formula is C14H17ClN2O5S. The molecule has 1 heterocycles. The summed E-state index contributed by atoms with van der Waals surface area (Å²) in [6, 6.07) is 4.73.